The maximum absolute atomic E-state index is 12.6. The van der Waals surface area contributed by atoms with Crippen molar-refractivity contribution >= 4 is 17.7 Å². The molecule has 0 saturated heterocycles. The first-order chi connectivity index (χ1) is 13.9. The number of rotatable bonds is 5. The molecule has 1 aromatic heterocycles. The molecule has 0 unspecified atom stereocenters. The number of amides is 1. The Hall–Kier alpha value is -3.78. The molecule has 0 spiro atoms. The molecular formula is C24H23N3O2. The third kappa shape index (κ3) is 4.56. The fraction of sp³-hybridized carbons (Fsp3) is 0.167. The fourth-order valence-electron chi connectivity index (χ4n) is 3.16. The van der Waals surface area contributed by atoms with Crippen LogP contribution in [-0.2, 0) is 4.79 Å². The Morgan fingerprint density at radius 3 is 2.45 bits per heavy atom. The molecule has 1 N–H and O–H groups in total. The van der Waals surface area contributed by atoms with Crippen LogP contribution in [-0.4, -0.2) is 17.6 Å². The Kier molecular flexibility index (Phi) is 5.85. The van der Waals surface area contributed by atoms with Gasteiger partial charge >= 0.3 is 0 Å². The predicted octanol–water partition coefficient (Wildman–Crippen LogP) is 4.96. The lowest BCUT2D eigenvalue weighted by Gasteiger charge is -2.08. The monoisotopic (exact) mass is 385 g/mol. The van der Waals surface area contributed by atoms with Crippen molar-refractivity contribution in [2.24, 2.45) is 0 Å². The number of benzene rings is 2. The summed E-state index contributed by atoms with van der Waals surface area (Å²) in [6.07, 6.45) is 3.50. The first kappa shape index (κ1) is 20.0. The maximum atomic E-state index is 12.6. The Labute approximate surface area is 170 Å². The Morgan fingerprint density at radius 1 is 1.10 bits per heavy atom. The van der Waals surface area contributed by atoms with E-state index in [1.54, 1.807) is 13.2 Å². The van der Waals surface area contributed by atoms with E-state index in [0.29, 0.717) is 5.69 Å². The van der Waals surface area contributed by atoms with E-state index >= 15 is 0 Å². The molecule has 146 valence electrons. The van der Waals surface area contributed by atoms with Gasteiger partial charge < -0.3 is 14.6 Å². The van der Waals surface area contributed by atoms with Gasteiger partial charge in [-0.2, -0.15) is 5.26 Å². The topological polar surface area (TPSA) is 67.0 Å². The summed E-state index contributed by atoms with van der Waals surface area (Å²) in [7, 11) is 1.63. The Bertz CT molecular complexity index is 1120. The number of nitriles is 1. The van der Waals surface area contributed by atoms with Crippen molar-refractivity contribution in [3.05, 3.63) is 82.7 Å². The smallest absolute Gasteiger partial charge is 0.266 e. The largest absolute Gasteiger partial charge is 0.497 e. The molecule has 0 aliphatic carbocycles. The van der Waals surface area contributed by atoms with Crippen LogP contribution in [0.5, 0.6) is 5.75 Å². The van der Waals surface area contributed by atoms with Gasteiger partial charge in [0, 0.05) is 23.3 Å². The fourth-order valence-corrected chi connectivity index (χ4v) is 3.16. The van der Waals surface area contributed by atoms with Crippen LogP contribution in [0.15, 0.2) is 60.3 Å². The lowest BCUT2D eigenvalue weighted by Crippen LogP contribution is -2.14. The van der Waals surface area contributed by atoms with Crippen LogP contribution in [0.2, 0.25) is 0 Å². The van der Waals surface area contributed by atoms with Crippen LogP contribution in [0.4, 0.5) is 5.69 Å². The summed E-state index contributed by atoms with van der Waals surface area (Å²) >= 11 is 0. The van der Waals surface area contributed by atoms with Gasteiger partial charge in [-0.05, 0) is 74.4 Å². The van der Waals surface area contributed by atoms with Crippen molar-refractivity contribution in [1.82, 2.24) is 4.57 Å². The summed E-state index contributed by atoms with van der Waals surface area (Å²) in [6, 6.07) is 17.4. The second-order valence-corrected chi connectivity index (χ2v) is 6.93. The molecule has 1 heterocycles. The van der Waals surface area contributed by atoms with E-state index in [1.807, 2.05) is 86.1 Å². The number of nitrogens with one attached hydrogen (secondary N) is 1. The van der Waals surface area contributed by atoms with Gasteiger partial charge in [0.25, 0.3) is 5.91 Å². The van der Waals surface area contributed by atoms with Crippen LogP contribution < -0.4 is 10.1 Å². The molecule has 0 bridgehead atoms. The van der Waals surface area contributed by atoms with Crippen LogP contribution >= 0.6 is 0 Å². The minimum absolute atomic E-state index is 0.0526. The van der Waals surface area contributed by atoms with Crippen LogP contribution in [0.1, 0.15) is 22.4 Å². The molecular weight excluding hydrogens is 362 g/mol. The molecule has 5 heteroatoms. The lowest BCUT2D eigenvalue weighted by molar-refractivity contribution is -0.112. The summed E-state index contributed by atoms with van der Waals surface area (Å²) in [4.78, 5) is 12.6. The molecule has 5 nitrogen and oxygen atoms in total. The van der Waals surface area contributed by atoms with Crippen molar-refractivity contribution in [1.29, 1.82) is 5.26 Å². The molecule has 0 aliphatic heterocycles. The number of anilines is 1. The predicted molar refractivity (Wildman–Crippen MR) is 115 cm³/mol. The summed E-state index contributed by atoms with van der Waals surface area (Å²) in [5.74, 6) is 0.364. The van der Waals surface area contributed by atoms with E-state index in [2.05, 4.69) is 5.32 Å². The van der Waals surface area contributed by atoms with E-state index in [-0.39, 0.29) is 5.57 Å². The normalized spacial score (nSPS) is 11.1. The number of carbonyl (C=O) groups excluding carboxylic acids is 1. The summed E-state index contributed by atoms with van der Waals surface area (Å²) in [6.45, 7) is 5.90. The van der Waals surface area contributed by atoms with Crippen LogP contribution in [0.25, 0.3) is 11.8 Å². The second kappa shape index (κ2) is 8.49. The van der Waals surface area contributed by atoms with Crippen LogP contribution in [0, 0.1) is 32.1 Å². The molecule has 0 radical (unpaired) electrons. The van der Waals surface area contributed by atoms with E-state index in [4.69, 9.17) is 4.74 Å². The molecule has 3 aromatic rings. The number of hydrogen-bond donors (Lipinski definition) is 1. The van der Waals surface area contributed by atoms with E-state index in [1.165, 1.54) is 0 Å². The highest BCUT2D eigenvalue weighted by Gasteiger charge is 2.12. The van der Waals surface area contributed by atoms with Gasteiger partial charge in [-0.1, -0.05) is 17.7 Å². The van der Waals surface area contributed by atoms with Crippen molar-refractivity contribution in [2.45, 2.75) is 20.8 Å². The maximum Gasteiger partial charge on any atom is 0.266 e. The molecule has 2 aromatic carbocycles. The molecule has 0 saturated carbocycles. The minimum atomic E-state index is -0.422. The van der Waals surface area contributed by atoms with Gasteiger partial charge in [0.15, 0.2) is 0 Å². The molecule has 3 rings (SSSR count). The van der Waals surface area contributed by atoms with Crippen LogP contribution in [0.3, 0.4) is 0 Å². The van der Waals surface area contributed by atoms with E-state index < -0.39 is 5.91 Å². The second-order valence-electron chi connectivity index (χ2n) is 6.93. The Morgan fingerprint density at radius 2 is 1.83 bits per heavy atom. The average Bonchev–Trinajstić information content (AvgIpc) is 3.08. The third-order valence-electron chi connectivity index (χ3n) is 4.69. The SMILES string of the molecule is COc1ccc(-n2cc(/C=C(\C#N)C(=O)Nc3ccc(C)cc3C)cc2C)cc1. The molecule has 29 heavy (non-hydrogen) atoms. The van der Waals surface area contributed by atoms with E-state index in [9.17, 15) is 10.1 Å². The number of methoxy groups -OCH3 is 1. The van der Waals surface area contributed by atoms with E-state index in [0.717, 1.165) is 33.8 Å². The average molecular weight is 385 g/mol. The zero-order valence-electron chi connectivity index (χ0n) is 17.0. The summed E-state index contributed by atoms with van der Waals surface area (Å²) in [5, 5.41) is 12.3. The van der Waals surface area contributed by atoms with Crippen molar-refractivity contribution in [3.8, 4) is 17.5 Å². The van der Waals surface area contributed by atoms with Gasteiger partial charge in [0.2, 0.25) is 0 Å². The number of aromatic nitrogens is 1. The van der Waals surface area contributed by atoms with Gasteiger partial charge in [-0.3, -0.25) is 4.79 Å². The zero-order valence-corrected chi connectivity index (χ0v) is 17.0. The van der Waals surface area contributed by atoms with Gasteiger partial charge in [0.05, 0.1) is 7.11 Å². The number of carbonyl (C=O) groups is 1. The Balaban J connectivity index is 1.85. The molecule has 0 atom stereocenters. The molecule has 1 amide bonds. The molecule has 0 aliphatic rings. The third-order valence-corrected chi connectivity index (χ3v) is 4.69. The first-order valence-corrected chi connectivity index (χ1v) is 9.25. The number of aryl methyl sites for hydroxylation is 3. The highest BCUT2D eigenvalue weighted by molar-refractivity contribution is 6.10. The van der Waals surface area contributed by atoms with Gasteiger partial charge in [0.1, 0.15) is 17.4 Å². The summed E-state index contributed by atoms with van der Waals surface area (Å²) in [5.41, 5.74) is 5.58. The number of ether oxygens (including phenoxy) is 1. The number of hydrogen-bond acceptors (Lipinski definition) is 3. The van der Waals surface area contributed by atoms with Gasteiger partial charge in [-0.15, -0.1) is 0 Å². The summed E-state index contributed by atoms with van der Waals surface area (Å²) < 4.78 is 7.20. The zero-order chi connectivity index (χ0) is 21.0. The van der Waals surface area contributed by atoms with Gasteiger partial charge in [-0.25, -0.2) is 0 Å². The van der Waals surface area contributed by atoms with Crippen molar-refractivity contribution < 1.29 is 9.53 Å². The highest BCUT2D eigenvalue weighted by Crippen LogP contribution is 2.21. The quantitative estimate of drug-likeness (QED) is 0.499. The number of nitrogens with zero attached hydrogens (tertiary/aromatic N) is 2. The minimum Gasteiger partial charge on any atom is -0.497 e. The first-order valence-electron chi connectivity index (χ1n) is 9.25. The van der Waals surface area contributed by atoms with Crippen molar-refractivity contribution in [3.63, 3.8) is 0 Å². The standard InChI is InChI=1S/C24H23N3O2/c1-16-5-10-23(17(2)11-16)26-24(28)20(14-25)13-19-12-18(3)27(15-19)21-6-8-22(29-4)9-7-21/h5-13,15H,1-4H3,(H,26,28)/b20-13+. The lowest BCUT2D eigenvalue weighted by atomic mass is 10.1. The molecule has 0 fully saturated rings. The highest BCUT2D eigenvalue weighted by atomic mass is 16.5. The van der Waals surface area contributed by atoms with Crippen molar-refractivity contribution in [2.75, 3.05) is 12.4 Å².